The predicted molar refractivity (Wildman–Crippen MR) is 114 cm³/mol. The number of nitrogens with one attached hydrogen (secondary N) is 1. The molecule has 0 spiro atoms. The number of halogens is 2. The van der Waals surface area contributed by atoms with Gasteiger partial charge in [0.1, 0.15) is 0 Å². The number of aromatic nitrogens is 2. The lowest BCUT2D eigenvalue weighted by molar-refractivity contribution is 0.0732. The van der Waals surface area contributed by atoms with Crippen molar-refractivity contribution < 1.29 is 13.6 Å². The number of carbonyl (C=O) groups is 1. The number of nitrogens with zero attached hydrogens (tertiary/aromatic N) is 3. The summed E-state index contributed by atoms with van der Waals surface area (Å²) in [7, 11) is 3.73. The maximum absolute atomic E-state index is 13.6. The fourth-order valence-electron chi connectivity index (χ4n) is 3.34. The van der Waals surface area contributed by atoms with Crippen LogP contribution in [0.2, 0.25) is 0 Å². The third kappa shape index (κ3) is 4.88. The standard InChI is InChI=1S/C22H24F2N4O3/c1-4-28-19-8-6-15(12-18(19)25-20(29)22(28)31)21(30)27(10-9-26(2)3)13-14-5-7-16(23)17(24)11-14/h5-8,11-12H,4,9-10,13H2,1-3H3,(H,25,29). The van der Waals surface area contributed by atoms with Gasteiger partial charge in [-0.15, -0.1) is 0 Å². The number of rotatable bonds is 7. The van der Waals surface area contributed by atoms with Gasteiger partial charge in [-0.1, -0.05) is 6.07 Å². The van der Waals surface area contributed by atoms with Crippen LogP contribution in [-0.4, -0.2) is 52.4 Å². The minimum absolute atomic E-state index is 0.0902. The van der Waals surface area contributed by atoms with Crippen molar-refractivity contribution >= 4 is 16.9 Å². The van der Waals surface area contributed by atoms with E-state index in [1.807, 2.05) is 19.0 Å². The molecule has 3 rings (SSSR count). The van der Waals surface area contributed by atoms with Crippen molar-refractivity contribution in [2.45, 2.75) is 20.0 Å². The second kappa shape index (κ2) is 9.22. The molecule has 7 nitrogen and oxygen atoms in total. The first-order chi connectivity index (χ1) is 14.7. The van der Waals surface area contributed by atoms with E-state index in [-0.39, 0.29) is 12.5 Å². The molecule has 0 saturated carbocycles. The van der Waals surface area contributed by atoms with Crippen LogP contribution in [-0.2, 0) is 13.1 Å². The molecule has 0 aliphatic carbocycles. The maximum atomic E-state index is 13.6. The molecule has 31 heavy (non-hydrogen) atoms. The van der Waals surface area contributed by atoms with E-state index in [1.54, 1.807) is 19.1 Å². The quantitative estimate of drug-likeness (QED) is 0.583. The molecular formula is C22H24F2N4O3. The molecular weight excluding hydrogens is 406 g/mol. The molecule has 1 heterocycles. The van der Waals surface area contributed by atoms with Crippen LogP contribution >= 0.6 is 0 Å². The van der Waals surface area contributed by atoms with Crippen LogP contribution in [0, 0.1) is 11.6 Å². The summed E-state index contributed by atoms with van der Waals surface area (Å²) in [5, 5.41) is 0. The minimum Gasteiger partial charge on any atom is -0.333 e. The van der Waals surface area contributed by atoms with Crippen molar-refractivity contribution in [3.8, 4) is 0 Å². The molecule has 9 heteroatoms. The van der Waals surface area contributed by atoms with Gasteiger partial charge in [-0.05, 0) is 56.9 Å². The zero-order valence-electron chi connectivity index (χ0n) is 17.6. The zero-order chi connectivity index (χ0) is 22.7. The van der Waals surface area contributed by atoms with Gasteiger partial charge in [0.05, 0.1) is 11.0 Å². The fraction of sp³-hybridized carbons (Fsp3) is 0.318. The maximum Gasteiger partial charge on any atom is 0.316 e. The van der Waals surface area contributed by atoms with Gasteiger partial charge in [0.25, 0.3) is 5.91 Å². The largest absolute Gasteiger partial charge is 0.333 e. The van der Waals surface area contributed by atoms with Crippen LogP contribution < -0.4 is 11.1 Å². The topological polar surface area (TPSA) is 78.4 Å². The van der Waals surface area contributed by atoms with Gasteiger partial charge in [-0.2, -0.15) is 0 Å². The molecule has 0 fully saturated rings. The Hall–Kier alpha value is -3.33. The predicted octanol–water partition coefficient (Wildman–Crippen LogP) is 2.19. The first-order valence-corrected chi connectivity index (χ1v) is 9.86. The number of amides is 1. The monoisotopic (exact) mass is 430 g/mol. The van der Waals surface area contributed by atoms with Crippen LogP contribution in [0.25, 0.3) is 11.0 Å². The van der Waals surface area contributed by atoms with E-state index >= 15 is 0 Å². The average molecular weight is 430 g/mol. The van der Waals surface area contributed by atoms with Gasteiger partial charge < -0.3 is 19.4 Å². The van der Waals surface area contributed by atoms with Crippen molar-refractivity contribution in [2.75, 3.05) is 27.2 Å². The van der Waals surface area contributed by atoms with E-state index in [2.05, 4.69) is 4.98 Å². The van der Waals surface area contributed by atoms with Crippen LogP contribution in [0.5, 0.6) is 0 Å². The Bertz CT molecular complexity index is 1230. The van der Waals surface area contributed by atoms with E-state index in [0.717, 1.165) is 12.1 Å². The van der Waals surface area contributed by atoms with Crippen molar-refractivity contribution in [1.29, 1.82) is 0 Å². The number of carbonyl (C=O) groups excluding carboxylic acids is 1. The Morgan fingerprint density at radius 3 is 2.42 bits per heavy atom. The van der Waals surface area contributed by atoms with E-state index < -0.39 is 22.8 Å². The summed E-state index contributed by atoms with van der Waals surface area (Å²) in [6.07, 6.45) is 0. The van der Waals surface area contributed by atoms with Crippen LogP contribution in [0.3, 0.4) is 0 Å². The van der Waals surface area contributed by atoms with Gasteiger partial charge in [0, 0.05) is 31.7 Å². The highest BCUT2D eigenvalue weighted by Crippen LogP contribution is 2.17. The van der Waals surface area contributed by atoms with Gasteiger partial charge >= 0.3 is 11.1 Å². The molecule has 0 bridgehead atoms. The summed E-state index contributed by atoms with van der Waals surface area (Å²) in [5.74, 6) is -2.25. The number of aromatic amines is 1. The zero-order valence-corrected chi connectivity index (χ0v) is 17.6. The van der Waals surface area contributed by atoms with Crippen LogP contribution in [0.1, 0.15) is 22.8 Å². The number of hydrogen-bond acceptors (Lipinski definition) is 4. The molecule has 0 saturated heterocycles. The molecule has 0 aliphatic heterocycles. The minimum atomic E-state index is -0.974. The van der Waals surface area contributed by atoms with E-state index in [0.29, 0.717) is 41.8 Å². The molecule has 3 aromatic rings. The molecule has 0 radical (unpaired) electrons. The number of aryl methyl sites for hydroxylation is 1. The Morgan fingerprint density at radius 1 is 1.03 bits per heavy atom. The van der Waals surface area contributed by atoms with Gasteiger partial charge in [-0.25, -0.2) is 8.78 Å². The van der Waals surface area contributed by atoms with Crippen LogP contribution in [0.15, 0.2) is 46.0 Å². The third-order valence-corrected chi connectivity index (χ3v) is 5.00. The van der Waals surface area contributed by atoms with Crippen molar-refractivity contribution in [3.63, 3.8) is 0 Å². The summed E-state index contributed by atoms with van der Waals surface area (Å²) in [6, 6.07) is 8.27. The molecule has 0 atom stereocenters. The highest BCUT2D eigenvalue weighted by molar-refractivity contribution is 5.97. The first-order valence-electron chi connectivity index (χ1n) is 9.86. The van der Waals surface area contributed by atoms with Crippen molar-refractivity contribution in [1.82, 2.24) is 19.4 Å². The second-order valence-electron chi connectivity index (χ2n) is 7.51. The fourth-order valence-corrected chi connectivity index (χ4v) is 3.34. The molecule has 164 valence electrons. The third-order valence-electron chi connectivity index (χ3n) is 5.00. The highest BCUT2D eigenvalue weighted by atomic mass is 19.2. The van der Waals surface area contributed by atoms with Gasteiger partial charge in [0.2, 0.25) is 0 Å². The van der Waals surface area contributed by atoms with Crippen molar-refractivity contribution in [3.05, 3.63) is 79.9 Å². The number of likely N-dealkylation sites (N-methyl/N-ethyl adjacent to an activating group) is 1. The Kier molecular flexibility index (Phi) is 6.65. The molecule has 2 aromatic carbocycles. The SMILES string of the molecule is CCn1c(=O)c(=O)[nH]c2cc(C(=O)N(CCN(C)C)Cc3ccc(F)c(F)c3)ccc21. The highest BCUT2D eigenvalue weighted by Gasteiger charge is 2.19. The molecule has 1 aromatic heterocycles. The average Bonchev–Trinajstić information content (AvgIpc) is 2.73. The molecule has 1 amide bonds. The summed E-state index contributed by atoms with van der Waals surface area (Å²) in [4.78, 5) is 43.2. The Labute approximate surface area is 177 Å². The second-order valence-corrected chi connectivity index (χ2v) is 7.51. The van der Waals surface area contributed by atoms with E-state index in [1.165, 1.54) is 21.6 Å². The molecule has 1 N–H and O–H groups in total. The van der Waals surface area contributed by atoms with E-state index in [9.17, 15) is 23.2 Å². The summed E-state index contributed by atoms with van der Waals surface area (Å²) in [6.45, 7) is 3.08. The lowest BCUT2D eigenvalue weighted by Gasteiger charge is -2.25. The normalized spacial score (nSPS) is 11.3. The van der Waals surface area contributed by atoms with Crippen molar-refractivity contribution in [2.24, 2.45) is 0 Å². The van der Waals surface area contributed by atoms with Gasteiger partial charge in [0.15, 0.2) is 11.6 Å². The smallest absolute Gasteiger partial charge is 0.316 e. The van der Waals surface area contributed by atoms with Gasteiger partial charge in [-0.3, -0.25) is 14.4 Å². The number of H-pyrrole nitrogens is 1. The summed E-state index contributed by atoms with van der Waals surface area (Å²) >= 11 is 0. The first kappa shape index (κ1) is 22.4. The Balaban J connectivity index is 1.98. The number of benzene rings is 2. The Morgan fingerprint density at radius 2 is 1.77 bits per heavy atom. The van der Waals surface area contributed by atoms with E-state index in [4.69, 9.17) is 0 Å². The van der Waals surface area contributed by atoms with Crippen LogP contribution in [0.4, 0.5) is 8.78 Å². The number of fused-ring (bicyclic) bond motifs is 1. The molecule has 0 aliphatic rings. The summed E-state index contributed by atoms with van der Waals surface area (Å²) < 4.78 is 28.2. The summed E-state index contributed by atoms with van der Waals surface area (Å²) in [5.41, 5.74) is 0.248. The lowest BCUT2D eigenvalue weighted by Crippen LogP contribution is -2.37. The number of hydrogen-bond donors (Lipinski definition) is 1. The molecule has 0 unspecified atom stereocenters. The lowest BCUT2D eigenvalue weighted by atomic mass is 10.1.